The van der Waals surface area contributed by atoms with Crippen molar-refractivity contribution < 1.29 is 57.9 Å². The van der Waals surface area contributed by atoms with Crippen LogP contribution >= 0.6 is 0 Å². The van der Waals surface area contributed by atoms with E-state index in [2.05, 4.69) is 0 Å². The molecule has 6 aromatic rings. The van der Waals surface area contributed by atoms with Crippen LogP contribution in [0, 0.1) is 0 Å². The zero-order chi connectivity index (χ0) is 44.1. The molecule has 0 fully saturated rings. The summed E-state index contributed by atoms with van der Waals surface area (Å²) in [5, 5.41) is 18.1. The fraction of sp³-hybridized carbons (Fsp3) is 0.163. The number of phenols is 1. The zero-order valence-corrected chi connectivity index (χ0v) is 34.2. The van der Waals surface area contributed by atoms with Crippen LogP contribution in [0.5, 0.6) is 34.5 Å². The third-order valence-corrected chi connectivity index (χ3v) is 8.56. The molecule has 0 heterocycles. The maximum atomic E-state index is 12.1. The van der Waals surface area contributed by atoms with E-state index in [1.54, 1.807) is 37.4 Å². The summed E-state index contributed by atoms with van der Waals surface area (Å²) < 4.78 is 27.2. The lowest BCUT2D eigenvalue weighted by Gasteiger charge is -2.10. The molecular formula is C49H46O12. The first-order chi connectivity index (χ1) is 29.3. The smallest absolute Gasteiger partial charge is 0.372 e. The summed E-state index contributed by atoms with van der Waals surface area (Å²) >= 11 is 0. The molecule has 61 heavy (non-hydrogen) atoms. The molecule has 314 valence electrons. The number of carboxylic acid groups (broad SMARTS) is 1. The second-order valence-corrected chi connectivity index (χ2v) is 13.3. The van der Waals surface area contributed by atoms with Crippen molar-refractivity contribution in [2.45, 2.75) is 40.1 Å². The van der Waals surface area contributed by atoms with Crippen molar-refractivity contribution in [2.24, 2.45) is 0 Å². The number of phenolic OH excluding ortho intramolecular Hbond substituents is 1. The Kier molecular flexibility index (Phi) is 17.8. The van der Waals surface area contributed by atoms with Crippen molar-refractivity contribution >= 4 is 29.1 Å². The highest BCUT2D eigenvalue weighted by molar-refractivity contribution is 6.37. The number of ether oxygens (including phenoxy) is 5. The van der Waals surface area contributed by atoms with Gasteiger partial charge in [-0.25, -0.2) is 4.79 Å². The fourth-order valence-corrected chi connectivity index (χ4v) is 5.33. The maximum absolute atomic E-state index is 12.1. The molecule has 12 heteroatoms. The van der Waals surface area contributed by atoms with Gasteiger partial charge in [0.2, 0.25) is 5.78 Å². The summed E-state index contributed by atoms with van der Waals surface area (Å²) in [5.41, 5.74) is 4.25. The van der Waals surface area contributed by atoms with Gasteiger partial charge in [0.05, 0.1) is 20.6 Å². The molecule has 0 aromatic heterocycles. The van der Waals surface area contributed by atoms with Crippen LogP contribution < -0.4 is 23.7 Å². The number of methoxy groups -OCH3 is 2. The SMILES string of the molecule is CC(=O)c1cc(O)cc(OCc2ccccc2)c1.COc1cc(OCc2ccccc2)cc(C(=O)CC(=O)C(=O)O)c1.COc1cc(OCc2ccccc2)cc(C(C)=O)c1. The largest absolute Gasteiger partial charge is 0.508 e. The minimum atomic E-state index is -1.63. The molecule has 0 spiro atoms. The topological polar surface area (TPSA) is 172 Å². The molecule has 0 atom stereocenters. The molecule has 0 radical (unpaired) electrons. The molecule has 0 aliphatic rings. The highest BCUT2D eigenvalue weighted by Crippen LogP contribution is 2.26. The van der Waals surface area contributed by atoms with Crippen LogP contribution in [0.2, 0.25) is 0 Å². The number of aliphatic carboxylic acids is 1. The minimum absolute atomic E-state index is 0.0107. The molecule has 2 N–H and O–H groups in total. The predicted octanol–water partition coefficient (Wildman–Crippen LogP) is 9.15. The van der Waals surface area contributed by atoms with Crippen molar-refractivity contribution in [1.82, 2.24) is 0 Å². The lowest BCUT2D eigenvalue weighted by molar-refractivity contribution is -0.148. The van der Waals surface area contributed by atoms with Crippen LogP contribution in [0.3, 0.4) is 0 Å². The highest BCUT2D eigenvalue weighted by atomic mass is 16.5. The normalized spacial score (nSPS) is 10.0. The summed E-state index contributed by atoms with van der Waals surface area (Å²) in [7, 11) is 3.01. The Bertz CT molecular complexity index is 2390. The van der Waals surface area contributed by atoms with Crippen LogP contribution in [0.4, 0.5) is 0 Å². The number of ketones is 4. The first-order valence-electron chi connectivity index (χ1n) is 18.9. The number of Topliss-reactive ketones (excluding diaryl/α,β-unsaturated/α-hetero) is 4. The van der Waals surface area contributed by atoms with Gasteiger partial charge in [-0.2, -0.15) is 0 Å². The van der Waals surface area contributed by atoms with E-state index in [9.17, 15) is 29.1 Å². The number of carbonyl (C=O) groups excluding carboxylic acids is 4. The summed E-state index contributed by atoms with van der Waals surface area (Å²) in [6.45, 7) is 4.15. The number of aromatic hydroxyl groups is 1. The lowest BCUT2D eigenvalue weighted by Crippen LogP contribution is -2.17. The van der Waals surface area contributed by atoms with Crippen molar-refractivity contribution in [3.05, 3.63) is 179 Å². The van der Waals surface area contributed by atoms with Gasteiger partial charge in [-0.1, -0.05) is 91.0 Å². The van der Waals surface area contributed by atoms with Crippen LogP contribution in [-0.2, 0) is 29.4 Å². The zero-order valence-electron chi connectivity index (χ0n) is 34.2. The number of benzene rings is 6. The first-order valence-corrected chi connectivity index (χ1v) is 18.9. The Morgan fingerprint density at radius 3 is 1.18 bits per heavy atom. The molecular weight excluding hydrogens is 781 g/mol. The Balaban J connectivity index is 0.000000204. The molecule has 6 rings (SSSR count). The summed E-state index contributed by atoms with van der Waals surface area (Å²) in [4.78, 5) is 56.5. The van der Waals surface area contributed by atoms with E-state index < -0.39 is 24.0 Å². The summed E-state index contributed by atoms with van der Waals surface area (Å²) in [6, 6.07) is 43.3. The quantitative estimate of drug-likeness (QED) is 0.0508. The van der Waals surface area contributed by atoms with Gasteiger partial charge < -0.3 is 33.9 Å². The van der Waals surface area contributed by atoms with Gasteiger partial charge in [0, 0.05) is 34.9 Å². The summed E-state index contributed by atoms with van der Waals surface area (Å²) in [5.74, 6) is -0.957. The third-order valence-electron chi connectivity index (χ3n) is 8.56. The van der Waals surface area contributed by atoms with Crippen LogP contribution in [0.25, 0.3) is 0 Å². The predicted molar refractivity (Wildman–Crippen MR) is 228 cm³/mol. The number of hydrogen-bond donors (Lipinski definition) is 2. The van der Waals surface area contributed by atoms with Crippen molar-refractivity contribution in [3.63, 3.8) is 0 Å². The van der Waals surface area contributed by atoms with E-state index in [0.29, 0.717) is 59.7 Å². The van der Waals surface area contributed by atoms with Gasteiger partial charge in [0.15, 0.2) is 17.3 Å². The van der Waals surface area contributed by atoms with Crippen molar-refractivity contribution in [3.8, 4) is 34.5 Å². The van der Waals surface area contributed by atoms with E-state index >= 15 is 0 Å². The molecule has 0 aliphatic heterocycles. The third kappa shape index (κ3) is 15.9. The highest BCUT2D eigenvalue weighted by Gasteiger charge is 2.19. The van der Waals surface area contributed by atoms with E-state index in [0.717, 1.165) is 16.7 Å². The van der Waals surface area contributed by atoms with E-state index in [-0.39, 0.29) is 22.9 Å². The molecule has 6 aromatic carbocycles. The number of hydrogen-bond acceptors (Lipinski definition) is 11. The molecule has 0 bridgehead atoms. The maximum Gasteiger partial charge on any atom is 0.372 e. The first kappa shape index (κ1) is 46.0. The number of carbonyl (C=O) groups is 5. The average Bonchev–Trinajstić information content (AvgIpc) is 3.27. The minimum Gasteiger partial charge on any atom is -0.508 e. The van der Waals surface area contributed by atoms with Gasteiger partial charge in [-0.15, -0.1) is 0 Å². The Hall–Kier alpha value is -7.73. The molecule has 0 aliphatic carbocycles. The fourth-order valence-electron chi connectivity index (χ4n) is 5.33. The monoisotopic (exact) mass is 826 g/mol. The Morgan fingerprint density at radius 2 is 0.803 bits per heavy atom. The second kappa shape index (κ2) is 23.6. The van der Waals surface area contributed by atoms with E-state index in [1.807, 2.05) is 91.0 Å². The van der Waals surface area contributed by atoms with Crippen LogP contribution in [0.15, 0.2) is 146 Å². The second-order valence-electron chi connectivity index (χ2n) is 13.3. The molecule has 0 amide bonds. The summed E-state index contributed by atoms with van der Waals surface area (Å²) in [6.07, 6.45) is -0.708. The van der Waals surface area contributed by atoms with Gasteiger partial charge >= 0.3 is 5.97 Å². The van der Waals surface area contributed by atoms with Gasteiger partial charge in [-0.3, -0.25) is 19.2 Å². The number of rotatable bonds is 17. The van der Waals surface area contributed by atoms with Crippen LogP contribution in [-0.4, -0.2) is 53.5 Å². The van der Waals surface area contributed by atoms with Crippen molar-refractivity contribution in [1.29, 1.82) is 0 Å². The van der Waals surface area contributed by atoms with E-state index in [1.165, 1.54) is 45.2 Å². The average molecular weight is 827 g/mol. The van der Waals surface area contributed by atoms with E-state index in [4.69, 9.17) is 28.8 Å². The lowest BCUT2D eigenvalue weighted by atomic mass is 10.1. The van der Waals surface area contributed by atoms with Gasteiger partial charge in [0.25, 0.3) is 0 Å². The number of carboxylic acids is 1. The van der Waals surface area contributed by atoms with Crippen molar-refractivity contribution in [2.75, 3.05) is 14.2 Å². The standard InChI is InChI=1S/C18H16O6.C16H16O3.C15H14O3/c1-23-14-7-13(16(19)10-17(20)18(21)22)8-15(9-14)24-11-12-5-3-2-4-6-12;1-12(17)14-8-15(18-2)10-16(9-14)19-11-13-6-4-3-5-7-13;1-11(16)13-7-14(17)9-15(8-13)18-10-12-5-3-2-4-6-12/h2-9H,10-11H2,1H3,(H,21,22);3-10H,11H2,1-2H3;2-9,17H,10H2,1H3. The molecule has 0 unspecified atom stereocenters. The Morgan fingerprint density at radius 1 is 0.459 bits per heavy atom. The van der Waals surface area contributed by atoms with Gasteiger partial charge in [0.1, 0.15) is 54.3 Å². The Labute approximate surface area is 353 Å². The molecule has 12 nitrogen and oxygen atoms in total. The molecule has 0 saturated carbocycles. The van der Waals surface area contributed by atoms with Crippen LogP contribution in [0.1, 0.15) is 68.0 Å². The van der Waals surface area contributed by atoms with Gasteiger partial charge in [-0.05, 0) is 66.9 Å². The molecule has 0 saturated heterocycles.